The Morgan fingerprint density at radius 3 is 1.50 bits per heavy atom. The molecule has 4 aromatic rings. The molecule has 0 spiro atoms. The lowest BCUT2D eigenvalue weighted by Crippen LogP contribution is -2.48. The number of ether oxygens (including phenoxy) is 1. The summed E-state index contributed by atoms with van der Waals surface area (Å²) in [6.07, 6.45) is 0.220. The van der Waals surface area contributed by atoms with Gasteiger partial charge in [0.1, 0.15) is 23.3 Å². The van der Waals surface area contributed by atoms with Gasteiger partial charge in [0.2, 0.25) is 0 Å². The predicted octanol–water partition coefficient (Wildman–Crippen LogP) is 6.01. The van der Waals surface area contributed by atoms with Crippen LogP contribution >= 0.6 is 0 Å². The minimum absolute atomic E-state index is 0.301. The van der Waals surface area contributed by atoms with Crippen LogP contribution in [0.4, 0.5) is 8.78 Å². The lowest BCUT2D eigenvalue weighted by Gasteiger charge is -2.37. The van der Waals surface area contributed by atoms with Gasteiger partial charge in [-0.15, -0.1) is 0 Å². The molecule has 0 saturated carbocycles. The van der Waals surface area contributed by atoms with Crippen LogP contribution in [0.25, 0.3) is 0 Å². The molecule has 1 saturated heterocycles. The molecule has 0 radical (unpaired) electrons. The zero-order valence-electron chi connectivity index (χ0n) is 22.6. The summed E-state index contributed by atoms with van der Waals surface area (Å²) < 4.78 is 33.3. The lowest BCUT2D eigenvalue weighted by molar-refractivity contribution is 0.0318. The second-order valence-electron chi connectivity index (χ2n) is 10.4. The summed E-state index contributed by atoms with van der Waals surface area (Å²) in [6.45, 7) is 5.72. The van der Waals surface area contributed by atoms with Crippen LogP contribution in [0.5, 0.6) is 0 Å². The van der Waals surface area contributed by atoms with Crippen LogP contribution in [0.1, 0.15) is 34.8 Å². The molecule has 0 bridgehead atoms. The van der Waals surface area contributed by atoms with Crippen LogP contribution < -0.4 is 0 Å². The van der Waals surface area contributed by atoms with Gasteiger partial charge >= 0.3 is 0 Å². The SMILES string of the molecule is OC(CCN1CCN(CCOC(c2ccc(F)cc2)c2ccc(F)cc2)CC1)(c1ccccc1)c1ccccc1. The molecule has 1 aliphatic heterocycles. The van der Waals surface area contributed by atoms with E-state index in [0.29, 0.717) is 13.0 Å². The number of halogens is 2. The fourth-order valence-corrected chi connectivity index (χ4v) is 5.40. The zero-order valence-corrected chi connectivity index (χ0v) is 22.6. The molecule has 4 nitrogen and oxygen atoms in total. The van der Waals surface area contributed by atoms with Crippen molar-refractivity contribution >= 4 is 0 Å². The van der Waals surface area contributed by atoms with Crippen LogP contribution in [-0.4, -0.2) is 60.8 Å². The fourth-order valence-electron chi connectivity index (χ4n) is 5.40. The second-order valence-corrected chi connectivity index (χ2v) is 10.4. The van der Waals surface area contributed by atoms with Crippen LogP contribution in [0.3, 0.4) is 0 Å². The molecule has 0 atom stereocenters. The molecule has 208 valence electrons. The van der Waals surface area contributed by atoms with Gasteiger partial charge in [0.15, 0.2) is 0 Å². The van der Waals surface area contributed by atoms with Gasteiger partial charge < -0.3 is 14.7 Å². The van der Waals surface area contributed by atoms with Crippen molar-refractivity contribution in [3.05, 3.63) is 143 Å². The van der Waals surface area contributed by atoms with Crippen LogP contribution in [0.15, 0.2) is 109 Å². The summed E-state index contributed by atoms with van der Waals surface area (Å²) in [5.41, 5.74) is 2.45. The molecule has 1 N–H and O–H groups in total. The first kappa shape index (κ1) is 28.1. The largest absolute Gasteiger partial charge is 0.380 e. The van der Waals surface area contributed by atoms with Gasteiger partial charge in [-0.3, -0.25) is 4.90 Å². The highest BCUT2D eigenvalue weighted by molar-refractivity contribution is 5.36. The molecular formula is C34H36F2N2O2. The van der Waals surface area contributed by atoms with Gasteiger partial charge in [0, 0.05) is 39.3 Å². The van der Waals surface area contributed by atoms with E-state index in [-0.39, 0.29) is 11.6 Å². The molecule has 1 fully saturated rings. The molecule has 5 rings (SSSR count). The molecule has 0 amide bonds. The summed E-state index contributed by atoms with van der Waals surface area (Å²) in [5.74, 6) is -0.601. The third-order valence-electron chi connectivity index (χ3n) is 7.79. The maximum Gasteiger partial charge on any atom is 0.123 e. The smallest absolute Gasteiger partial charge is 0.123 e. The quantitative estimate of drug-likeness (QED) is 0.252. The number of benzene rings is 4. The normalized spacial score (nSPS) is 15.0. The Labute approximate surface area is 235 Å². The van der Waals surface area contributed by atoms with E-state index in [0.717, 1.165) is 61.5 Å². The maximum atomic E-state index is 13.5. The minimum Gasteiger partial charge on any atom is -0.380 e. The van der Waals surface area contributed by atoms with Gasteiger partial charge in [0.25, 0.3) is 0 Å². The summed E-state index contributed by atoms with van der Waals surface area (Å²) in [4.78, 5) is 4.79. The number of piperazine rings is 1. The van der Waals surface area contributed by atoms with Crippen molar-refractivity contribution < 1.29 is 18.6 Å². The first-order chi connectivity index (χ1) is 19.5. The zero-order chi connectivity index (χ0) is 27.8. The molecule has 0 aromatic heterocycles. The van der Waals surface area contributed by atoms with Crippen molar-refractivity contribution in [3.63, 3.8) is 0 Å². The Bertz CT molecular complexity index is 1220. The average Bonchev–Trinajstić information content (AvgIpc) is 3.01. The summed E-state index contributed by atoms with van der Waals surface area (Å²) >= 11 is 0. The van der Waals surface area contributed by atoms with Gasteiger partial charge in [-0.1, -0.05) is 84.9 Å². The number of nitrogens with zero attached hydrogens (tertiary/aromatic N) is 2. The van der Waals surface area contributed by atoms with Crippen molar-refractivity contribution in [2.75, 3.05) is 45.9 Å². The molecule has 1 aliphatic rings. The summed E-state index contributed by atoms with van der Waals surface area (Å²) in [7, 11) is 0. The Kier molecular flexibility index (Phi) is 9.34. The van der Waals surface area contributed by atoms with Crippen molar-refractivity contribution in [3.8, 4) is 0 Å². The van der Waals surface area contributed by atoms with E-state index in [1.807, 2.05) is 60.7 Å². The Morgan fingerprint density at radius 2 is 1.05 bits per heavy atom. The van der Waals surface area contributed by atoms with E-state index < -0.39 is 11.7 Å². The fraction of sp³-hybridized carbons (Fsp3) is 0.294. The van der Waals surface area contributed by atoms with Gasteiger partial charge in [-0.2, -0.15) is 0 Å². The standard InChI is InChI=1S/C34H36F2N2O2/c35-31-15-11-27(12-16-31)33(28-13-17-32(36)18-14-28)40-26-25-38-23-21-37(22-24-38)20-19-34(39,29-7-3-1-4-8-29)30-9-5-2-6-10-30/h1-18,33,39H,19-26H2. The van der Waals surface area contributed by atoms with Gasteiger partial charge in [-0.25, -0.2) is 8.78 Å². The Hall–Kier alpha value is -3.42. The molecule has 40 heavy (non-hydrogen) atoms. The molecule has 4 aromatic carbocycles. The van der Waals surface area contributed by atoms with Gasteiger partial charge in [0.05, 0.1) is 6.61 Å². The second kappa shape index (κ2) is 13.3. The van der Waals surface area contributed by atoms with E-state index in [1.54, 1.807) is 24.3 Å². The van der Waals surface area contributed by atoms with Crippen molar-refractivity contribution in [2.24, 2.45) is 0 Å². The van der Waals surface area contributed by atoms with Crippen molar-refractivity contribution in [1.82, 2.24) is 9.80 Å². The topological polar surface area (TPSA) is 35.9 Å². The molecule has 0 aliphatic carbocycles. The van der Waals surface area contributed by atoms with E-state index in [2.05, 4.69) is 9.80 Å². The average molecular weight is 543 g/mol. The first-order valence-corrected chi connectivity index (χ1v) is 13.9. The number of hydrogen-bond acceptors (Lipinski definition) is 4. The maximum absolute atomic E-state index is 13.5. The summed E-state index contributed by atoms with van der Waals surface area (Å²) in [5, 5.41) is 11.8. The van der Waals surface area contributed by atoms with Crippen molar-refractivity contribution in [2.45, 2.75) is 18.1 Å². The summed E-state index contributed by atoms with van der Waals surface area (Å²) in [6, 6.07) is 32.4. The first-order valence-electron chi connectivity index (χ1n) is 13.9. The monoisotopic (exact) mass is 542 g/mol. The highest BCUT2D eigenvalue weighted by atomic mass is 19.1. The van der Waals surface area contributed by atoms with E-state index in [1.165, 1.54) is 24.3 Å². The third-order valence-corrected chi connectivity index (χ3v) is 7.79. The van der Waals surface area contributed by atoms with Crippen molar-refractivity contribution in [1.29, 1.82) is 0 Å². The van der Waals surface area contributed by atoms with Crippen LogP contribution in [0, 0.1) is 11.6 Å². The predicted molar refractivity (Wildman–Crippen MR) is 154 cm³/mol. The van der Waals surface area contributed by atoms with E-state index >= 15 is 0 Å². The van der Waals surface area contributed by atoms with E-state index in [9.17, 15) is 13.9 Å². The number of hydrogen-bond donors (Lipinski definition) is 1. The molecule has 6 heteroatoms. The highest BCUT2D eigenvalue weighted by Gasteiger charge is 2.32. The van der Waals surface area contributed by atoms with E-state index in [4.69, 9.17) is 4.74 Å². The molecule has 0 unspecified atom stereocenters. The molecular weight excluding hydrogens is 506 g/mol. The van der Waals surface area contributed by atoms with Crippen LogP contribution in [-0.2, 0) is 10.3 Å². The lowest BCUT2D eigenvalue weighted by atomic mass is 9.83. The Morgan fingerprint density at radius 1 is 0.625 bits per heavy atom. The van der Waals surface area contributed by atoms with Crippen LogP contribution in [0.2, 0.25) is 0 Å². The highest BCUT2D eigenvalue weighted by Crippen LogP contribution is 2.33. The Balaban J connectivity index is 1.14. The third kappa shape index (κ3) is 7.01. The number of rotatable bonds is 11. The number of aliphatic hydroxyl groups is 1. The molecule has 1 heterocycles. The minimum atomic E-state index is -1.04. The van der Waals surface area contributed by atoms with Gasteiger partial charge in [-0.05, 0) is 52.9 Å².